The van der Waals surface area contributed by atoms with Gasteiger partial charge in [-0.2, -0.15) is 0 Å². The molecule has 0 aliphatic heterocycles. The SMILES string of the molecule is CCOCc1cccc(CNC(=O)c2ncc(Br)cc2Br)c1. The van der Waals surface area contributed by atoms with Crippen LogP contribution < -0.4 is 5.32 Å². The van der Waals surface area contributed by atoms with Gasteiger partial charge in [0, 0.05) is 23.8 Å². The summed E-state index contributed by atoms with van der Waals surface area (Å²) in [5, 5.41) is 2.87. The topological polar surface area (TPSA) is 51.2 Å². The van der Waals surface area contributed by atoms with Crippen LogP contribution in [0.5, 0.6) is 0 Å². The van der Waals surface area contributed by atoms with E-state index in [1.807, 2.05) is 31.2 Å². The van der Waals surface area contributed by atoms with E-state index in [0.29, 0.717) is 29.9 Å². The Morgan fingerprint density at radius 2 is 2.05 bits per heavy atom. The summed E-state index contributed by atoms with van der Waals surface area (Å²) in [6.07, 6.45) is 1.60. The summed E-state index contributed by atoms with van der Waals surface area (Å²) in [6, 6.07) is 9.77. The molecular formula is C16H16Br2N2O2. The van der Waals surface area contributed by atoms with Gasteiger partial charge in [0.25, 0.3) is 5.91 Å². The Hall–Kier alpha value is -1.24. The van der Waals surface area contributed by atoms with Gasteiger partial charge in [0.2, 0.25) is 0 Å². The van der Waals surface area contributed by atoms with Crippen LogP contribution in [0.1, 0.15) is 28.5 Å². The number of halogens is 2. The maximum absolute atomic E-state index is 12.2. The Bertz CT molecular complexity index is 662. The number of pyridine rings is 1. The Balaban J connectivity index is 1.98. The first-order valence-corrected chi connectivity index (χ1v) is 8.43. The molecule has 0 saturated heterocycles. The molecule has 0 fully saturated rings. The summed E-state index contributed by atoms with van der Waals surface area (Å²) in [7, 11) is 0. The number of benzene rings is 1. The number of nitrogens with zero attached hydrogens (tertiary/aromatic N) is 1. The molecule has 4 nitrogen and oxygen atoms in total. The van der Waals surface area contributed by atoms with Crippen molar-refractivity contribution in [3.63, 3.8) is 0 Å². The predicted octanol–water partition coefficient (Wildman–Crippen LogP) is 4.07. The van der Waals surface area contributed by atoms with Crippen LogP contribution in [0.4, 0.5) is 0 Å². The third-order valence-corrected chi connectivity index (χ3v) is 3.98. The van der Waals surface area contributed by atoms with Gasteiger partial charge >= 0.3 is 0 Å². The van der Waals surface area contributed by atoms with Crippen LogP contribution in [0.2, 0.25) is 0 Å². The second-order valence-electron chi connectivity index (χ2n) is 4.62. The molecule has 6 heteroatoms. The van der Waals surface area contributed by atoms with Gasteiger partial charge in [-0.25, -0.2) is 4.98 Å². The highest BCUT2D eigenvalue weighted by Crippen LogP contribution is 2.19. The molecule has 0 radical (unpaired) electrons. The number of hydrogen-bond donors (Lipinski definition) is 1. The first kappa shape index (κ1) is 17.1. The highest BCUT2D eigenvalue weighted by Gasteiger charge is 2.11. The van der Waals surface area contributed by atoms with Gasteiger partial charge in [-0.05, 0) is 56.0 Å². The van der Waals surface area contributed by atoms with E-state index >= 15 is 0 Å². The molecule has 22 heavy (non-hydrogen) atoms. The lowest BCUT2D eigenvalue weighted by atomic mass is 10.1. The zero-order valence-corrected chi connectivity index (χ0v) is 15.3. The average molecular weight is 428 g/mol. The maximum atomic E-state index is 12.2. The Labute approximate surface area is 146 Å². The molecule has 1 N–H and O–H groups in total. The molecule has 1 aromatic heterocycles. The minimum Gasteiger partial charge on any atom is -0.377 e. The molecule has 0 aliphatic carbocycles. The highest BCUT2D eigenvalue weighted by atomic mass is 79.9. The van der Waals surface area contributed by atoms with Crippen LogP contribution >= 0.6 is 31.9 Å². The Morgan fingerprint density at radius 1 is 1.27 bits per heavy atom. The van der Waals surface area contributed by atoms with E-state index in [1.54, 1.807) is 12.3 Å². The Kier molecular flexibility index (Phi) is 6.54. The fraction of sp³-hybridized carbons (Fsp3) is 0.250. The number of carbonyl (C=O) groups excluding carboxylic acids is 1. The van der Waals surface area contributed by atoms with Gasteiger partial charge in [0.15, 0.2) is 0 Å². The fourth-order valence-corrected chi connectivity index (χ4v) is 3.06. The summed E-state index contributed by atoms with van der Waals surface area (Å²) in [5.41, 5.74) is 2.49. The number of amides is 1. The van der Waals surface area contributed by atoms with E-state index in [-0.39, 0.29) is 5.91 Å². The van der Waals surface area contributed by atoms with E-state index in [2.05, 4.69) is 42.2 Å². The third-order valence-electron chi connectivity index (χ3n) is 2.94. The standard InChI is InChI=1S/C16H16Br2N2O2/c1-2-22-10-12-5-3-4-11(6-12)8-20-16(21)15-14(18)7-13(17)9-19-15/h3-7,9H,2,8,10H2,1H3,(H,20,21). The molecule has 1 aromatic carbocycles. The molecule has 0 atom stereocenters. The van der Waals surface area contributed by atoms with Crippen molar-refractivity contribution in [3.05, 3.63) is 62.3 Å². The molecule has 0 bridgehead atoms. The zero-order valence-electron chi connectivity index (χ0n) is 12.1. The molecule has 1 heterocycles. The summed E-state index contributed by atoms with van der Waals surface area (Å²) in [6.45, 7) is 3.68. The number of nitrogens with one attached hydrogen (secondary N) is 1. The van der Waals surface area contributed by atoms with Crippen molar-refractivity contribution in [2.45, 2.75) is 20.1 Å². The van der Waals surface area contributed by atoms with E-state index < -0.39 is 0 Å². The quantitative estimate of drug-likeness (QED) is 0.755. The van der Waals surface area contributed by atoms with Crippen molar-refractivity contribution < 1.29 is 9.53 Å². The van der Waals surface area contributed by atoms with Gasteiger partial charge < -0.3 is 10.1 Å². The van der Waals surface area contributed by atoms with E-state index in [4.69, 9.17) is 4.74 Å². The largest absolute Gasteiger partial charge is 0.377 e. The molecule has 1 amide bonds. The van der Waals surface area contributed by atoms with Gasteiger partial charge in [-0.1, -0.05) is 24.3 Å². The van der Waals surface area contributed by atoms with E-state index in [1.165, 1.54) is 0 Å². The average Bonchev–Trinajstić information content (AvgIpc) is 2.51. The summed E-state index contributed by atoms with van der Waals surface area (Å²) in [4.78, 5) is 16.3. The number of hydrogen-bond acceptors (Lipinski definition) is 3. The minimum atomic E-state index is -0.213. The summed E-state index contributed by atoms with van der Waals surface area (Å²) >= 11 is 6.66. The second kappa shape index (κ2) is 8.41. The first-order valence-electron chi connectivity index (χ1n) is 6.85. The van der Waals surface area contributed by atoms with Crippen LogP contribution in [-0.2, 0) is 17.9 Å². The summed E-state index contributed by atoms with van der Waals surface area (Å²) < 4.78 is 6.86. The normalized spacial score (nSPS) is 10.5. The molecule has 0 spiro atoms. The molecule has 0 aliphatic rings. The zero-order chi connectivity index (χ0) is 15.9. The van der Waals surface area contributed by atoms with E-state index in [9.17, 15) is 4.79 Å². The van der Waals surface area contributed by atoms with Crippen molar-refractivity contribution >= 4 is 37.8 Å². The van der Waals surface area contributed by atoms with Crippen LogP contribution in [0, 0.1) is 0 Å². The Morgan fingerprint density at radius 3 is 2.77 bits per heavy atom. The smallest absolute Gasteiger partial charge is 0.271 e. The predicted molar refractivity (Wildman–Crippen MR) is 92.6 cm³/mol. The van der Waals surface area contributed by atoms with E-state index in [0.717, 1.165) is 15.6 Å². The molecule has 2 aromatic rings. The van der Waals surface area contributed by atoms with Crippen LogP contribution in [-0.4, -0.2) is 17.5 Å². The molecule has 116 valence electrons. The highest BCUT2D eigenvalue weighted by molar-refractivity contribution is 9.11. The number of carbonyl (C=O) groups is 1. The van der Waals surface area contributed by atoms with Gasteiger partial charge in [0.05, 0.1) is 11.1 Å². The van der Waals surface area contributed by atoms with Crippen molar-refractivity contribution in [2.24, 2.45) is 0 Å². The minimum absolute atomic E-state index is 0.213. The fourth-order valence-electron chi connectivity index (χ4n) is 1.90. The lowest BCUT2D eigenvalue weighted by Gasteiger charge is -2.08. The first-order chi connectivity index (χ1) is 10.6. The van der Waals surface area contributed by atoms with Crippen molar-refractivity contribution in [3.8, 4) is 0 Å². The third kappa shape index (κ3) is 4.90. The maximum Gasteiger partial charge on any atom is 0.271 e. The summed E-state index contributed by atoms with van der Waals surface area (Å²) in [5.74, 6) is -0.213. The number of aromatic nitrogens is 1. The molecular weight excluding hydrogens is 412 g/mol. The van der Waals surface area contributed by atoms with Crippen molar-refractivity contribution in [2.75, 3.05) is 6.61 Å². The molecule has 2 rings (SSSR count). The second-order valence-corrected chi connectivity index (χ2v) is 6.39. The molecule has 0 saturated carbocycles. The molecule has 0 unspecified atom stereocenters. The van der Waals surface area contributed by atoms with Crippen LogP contribution in [0.3, 0.4) is 0 Å². The lowest BCUT2D eigenvalue weighted by Crippen LogP contribution is -2.24. The monoisotopic (exact) mass is 426 g/mol. The lowest BCUT2D eigenvalue weighted by molar-refractivity contribution is 0.0945. The van der Waals surface area contributed by atoms with Gasteiger partial charge in [-0.3, -0.25) is 4.79 Å². The van der Waals surface area contributed by atoms with Crippen molar-refractivity contribution in [1.82, 2.24) is 10.3 Å². The van der Waals surface area contributed by atoms with Crippen LogP contribution in [0.15, 0.2) is 45.5 Å². The number of rotatable bonds is 6. The van der Waals surface area contributed by atoms with Crippen molar-refractivity contribution in [1.29, 1.82) is 0 Å². The van der Waals surface area contributed by atoms with Crippen LogP contribution in [0.25, 0.3) is 0 Å². The number of ether oxygens (including phenoxy) is 1. The van der Waals surface area contributed by atoms with Gasteiger partial charge in [-0.15, -0.1) is 0 Å². The van der Waals surface area contributed by atoms with Gasteiger partial charge in [0.1, 0.15) is 5.69 Å².